The van der Waals surface area contributed by atoms with Crippen LogP contribution in [0.4, 0.5) is 0 Å². The molecule has 4 heteroatoms. The first-order chi connectivity index (χ1) is 6.83. The normalized spacial score (nSPS) is 18.7. The van der Waals surface area contributed by atoms with Crippen molar-refractivity contribution in [2.75, 3.05) is 13.7 Å². The molecule has 0 bridgehead atoms. The summed E-state index contributed by atoms with van der Waals surface area (Å²) in [5.74, 6) is 0.728. The lowest BCUT2D eigenvalue weighted by Crippen LogP contribution is -2.14. The zero-order valence-corrected chi connectivity index (χ0v) is 9.94. The van der Waals surface area contributed by atoms with Gasteiger partial charge in [0.2, 0.25) is 0 Å². The van der Waals surface area contributed by atoms with E-state index in [9.17, 15) is 0 Å². The van der Waals surface area contributed by atoms with E-state index in [1.165, 1.54) is 0 Å². The summed E-state index contributed by atoms with van der Waals surface area (Å²) in [6.07, 6.45) is 4.21. The molecule has 0 amide bonds. The van der Waals surface area contributed by atoms with E-state index in [1.54, 1.807) is 7.11 Å². The van der Waals surface area contributed by atoms with Crippen molar-refractivity contribution in [3.8, 4) is 5.75 Å². The van der Waals surface area contributed by atoms with Gasteiger partial charge in [-0.05, 0) is 11.6 Å². The van der Waals surface area contributed by atoms with Crippen molar-refractivity contribution >= 4 is 24.0 Å². The van der Waals surface area contributed by atoms with Crippen molar-refractivity contribution in [2.45, 2.75) is 6.04 Å². The Kier molecular flexibility index (Phi) is 4.45. The predicted octanol–water partition coefficient (Wildman–Crippen LogP) is 2.97. The first kappa shape index (κ1) is 12.4. The van der Waals surface area contributed by atoms with Crippen molar-refractivity contribution < 1.29 is 4.74 Å². The minimum absolute atomic E-state index is 0. The third-order valence-electron chi connectivity index (χ3n) is 2.33. The third kappa shape index (κ3) is 2.46. The molecule has 1 aromatic rings. The molecule has 1 N–H and O–H groups in total. The van der Waals surface area contributed by atoms with Gasteiger partial charge in [0.15, 0.2) is 0 Å². The Morgan fingerprint density at radius 3 is 2.87 bits per heavy atom. The van der Waals surface area contributed by atoms with Crippen LogP contribution >= 0.6 is 24.0 Å². The molecule has 2 nitrogen and oxygen atoms in total. The highest BCUT2D eigenvalue weighted by molar-refractivity contribution is 6.32. The van der Waals surface area contributed by atoms with Crippen molar-refractivity contribution in [1.29, 1.82) is 0 Å². The van der Waals surface area contributed by atoms with Gasteiger partial charge < -0.3 is 10.1 Å². The Hall–Kier alpha value is -0.700. The van der Waals surface area contributed by atoms with E-state index in [1.807, 2.05) is 18.2 Å². The monoisotopic (exact) mass is 245 g/mol. The van der Waals surface area contributed by atoms with Crippen molar-refractivity contribution in [3.63, 3.8) is 0 Å². The minimum atomic E-state index is 0. The van der Waals surface area contributed by atoms with Crippen LogP contribution in [0.5, 0.6) is 5.75 Å². The number of nitrogens with one attached hydrogen (secondary N) is 1. The number of hydrogen-bond acceptors (Lipinski definition) is 2. The summed E-state index contributed by atoms with van der Waals surface area (Å²) in [7, 11) is 1.63. The Bertz CT molecular complexity index is 366. The van der Waals surface area contributed by atoms with E-state index in [2.05, 4.69) is 17.5 Å². The molecule has 0 saturated heterocycles. The van der Waals surface area contributed by atoms with Crippen LogP contribution in [0, 0.1) is 0 Å². The number of hydrogen-bond donors (Lipinski definition) is 1. The van der Waals surface area contributed by atoms with Crippen molar-refractivity contribution in [3.05, 3.63) is 40.9 Å². The maximum absolute atomic E-state index is 6.19. The van der Waals surface area contributed by atoms with Gasteiger partial charge in [-0.3, -0.25) is 0 Å². The number of ether oxygens (including phenoxy) is 1. The molecule has 1 aliphatic rings. The predicted molar refractivity (Wildman–Crippen MR) is 65.1 cm³/mol. The largest absolute Gasteiger partial charge is 0.495 e. The average Bonchev–Trinajstić information content (AvgIpc) is 2.71. The van der Waals surface area contributed by atoms with E-state index < -0.39 is 0 Å². The number of halogens is 2. The van der Waals surface area contributed by atoms with E-state index in [-0.39, 0.29) is 18.4 Å². The molecule has 1 atom stereocenters. The zero-order chi connectivity index (χ0) is 9.97. The molecule has 1 heterocycles. The molecule has 0 spiro atoms. The van der Waals surface area contributed by atoms with E-state index in [0.717, 1.165) is 17.9 Å². The number of methoxy groups -OCH3 is 1. The fourth-order valence-corrected chi connectivity index (χ4v) is 1.93. The summed E-state index contributed by atoms with van der Waals surface area (Å²) in [4.78, 5) is 0. The van der Waals surface area contributed by atoms with Crippen LogP contribution in [-0.2, 0) is 0 Å². The van der Waals surface area contributed by atoms with Crippen LogP contribution in [0.25, 0.3) is 0 Å². The Labute approximate surface area is 101 Å². The first-order valence-corrected chi connectivity index (χ1v) is 4.93. The second-order valence-corrected chi connectivity index (χ2v) is 3.56. The lowest BCUT2D eigenvalue weighted by molar-refractivity contribution is 0.414. The highest BCUT2D eigenvalue weighted by Crippen LogP contribution is 2.32. The molecular formula is C11H13Cl2NO. The second-order valence-electron chi connectivity index (χ2n) is 3.18. The lowest BCUT2D eigenvalue weighted by Gasteiger charge is -2.13. The fourth-order valence-electron chi connectivity index (χ4n) is 1.61. The molecule has 1 aromatic carbocycles. The first-order valence-electron chi connectivity index (χ1n) is 4.55. The quantitative estimate of drug-likeness (QED) is 0.810. The highest BCUT2D eigenvalue weighted by Gasteiger charge is 2.16. The van der Waals surface area contributed by atoms with Gasteiger partial charge in [0.25, 0.3) is 0 Å². The standard InChI is InChI=1S/C11H12ClNO.ClH/c1-14-10-6-2-4-8(11(10)12)9-5-3-7-13-9;/h2-6,9,13H,7H2,1H3;1H/t9-;/m0./s1. The molecule has 0 aromatic heterocycles. The Morgan fingerprint density at radius 1 is 1.47 bits per heavy atom. The highest BCUT2D eigenvalue weighted by atomic mass is 35.5. The van der Waals surface area contributed by atoms with Gasteiger partial charge in [-0.25, -0.2) is 0 Å². The molecule has 82 valence electrons. The zero-order valence-electron chi connectivity index (χ0n) is 8.37. The van der Waals surface area contributed by atoms with Crippen LogP contribution < -0.4 is 10.1 Å². The summed E-state index contributed by atoms with van der Waals surface area (Å²) < 4.78 is 5.16. The Morgan fingerprint density at radius 2 is 2.27 bits per heavy atom. The maximum Gasteiger partial charge on any atom is 0.137 e. The fraction of sp³-hybridized carbons (Fsp3) is 0.273. The molecule has 0 unspecified atom stereocenters. The van der Waals surface area contributed by atoms with Crippen molar-refractivity contribution in [1.82, 2.24) is 5.32 Å². The second kappa shape index (κ2) is 5.40. The smallest absolute Gasteiger partial charge is 0.137 e. The van der Waals surface area contributed by atoms with Gasteiger partial charge in [-0.2, -0.15) is 0 Å². The summed E-state index contributed by atoms with van der Waals surface area (Å²) in [6.45, 7) is 0.901. The van der Waals surface area contributed by atoms with E-state index in [4.69, 9.17) is 16.3 Å². The number of benzene rings is 1. The molecule has 2 rings (SSSR count). The van der Waals surface area contributed by atoms with Gasteiger partial charge in [0.1, 0.15) is 5.75 Å². The van der Waals surface area contributed by atoms with Gasteiger partial charge >= 0.3 is 0 Å². The molecular weight excluding hydrogens is 233 g/mol. The van der Waals surface area contributed by atoms with E-state index >= 15 is 0 Å². The SMILES string of the molecule is COc1cccc([C@@H]2C=CCN2)c1Cl.Cl. The van der Waals surface area contributed by atoms with Gasteiger partial charge in [0.05, 0.1) is 18.2 Å². The molecule has 0 fully saturated rings. The van der Waals surface area contributed by atoms with Crippen LogP contribution in [0.15, 0.2) is 30.4 Å². The molecule has 0 saturated carbocycles. The van der Waals surface area contributed by atoms with Gasteiger partial charge in [-0.15, -0.1) is 12.4 Å². The maximum atomic E-state index is 6.19. The summed E-state index contributed by atoms with van der Waals surface area (Å²) >= 11 is 6.19. The topological polar surface area (TPSA) is 21.3 Å². The minimum Gasteiger partial charge on any atom is -0.495 e. The lowest BCUT2D eigenvalue weighted by atomic mass is 10.1. The summed E-state index contributed by atoms with van der Waals surface area (Å²) in [6, 6.07) is 6.05. The van der Waals surface area contributed by atoms with Gasteiger partial charge in [0, 0.05) is 6.54 Å². The van der Waals surface area contributed by atoms with Crippen LogP contribution in [0.3, 0.4) is 0 Å². The molecule has 1 aliphatic heterocycles. The van der Waals surface area contributed by atoms with E-state index in [0.29, 0.717) is 5.02 Å². The van der Waals surface area contributed by atoms with Crippen LogP contribution in [-0.4, -0.2) is 13.7 Å². The van der Waals surface area contributed by atoms with Gasteiger partial charge in [-0.1, -0.05) is 35.9 Å². The molecule has 0 radical (unpaired) electrons. The molecule has 0 aliphatic carbocycles. The summed E-state index contributed by atoms with van der Waals surface area (Å²) in [5.41, 5.74) is 1.07. The summed E-state index contributed by atoms with van der Waals surface area (Å²) in [5, 5.41) is 4.01. The van der Waals surface area contributed by atoms with Crippen LogP contribution in [0.2, 0.25) is 5.02 Å². The molecule has 15 heavy (non-hydrogen) atoms. The number of rotatable bonds is 2. The third-order valence-corrected chi connectivity index (χ3v) is 2.74. The average molecular weight is 246 g/mol. The Balaban J connectivity index is 0.00000112. The van der Waals surface area contributed by atoms with Crippen LogP contribution in [0.1, 0.15) is 11.6 Å². The van der Waals surface area contributed by atoms with Crippen molar-refractivity contribution in [2.24, 2.45) is 0 Å².